The standard InChI is InChI=1S/C17H16FN3O3/c1-3-11-4-5-14(13(18)8-11)20-15-9-16(23)21(2)10-12(15)17(24)19-6-7-22/h1,4-5,8-10,20,22H,6-7H2,2H3,(H,19,24). The maximum Gasteiger partial charge on any atom is 0.254 e. The van der Waals surface area contributed by atoms with Gasteiger partial charge in [-0.1, -0.05) is 5.92 Å². The first kappa shape index (κ1) is 17.2. The second-order valence-electron chi connectivity index (χ2n) is 4.99. The van der Waals surface area contributed by atoms with E-state index in [-0.39, 0.29) is 35.6 Å². The fourth-order valence-corrected chi connectivity index (χ4v) is 2.03. The average Bonchev–Trinajstić information content (AvgIpc) is 2.57. The van der Waals surface area contributed by atoms with Gasteiger partial charge in [-0.15, -0.1) is 6.42 Å². The van der Waals surface area contributed by atoms with Crippen LogP contribution in [0.1, 0.15) is 15.9 Å². The number of pyridine rings is 1. The largest absolute Gasteiger partial charge is 0.395 e. The van der Waals surface area contributed by atoms with Crippen molar-refractivity contribution in [3.8, 4) is 12.3 Å². The van der Waals surface area contributed by atoms with E-state index in [1.54, 1.807) is 0 Å². The Hall–Kier alpha value is -3.11. The van der Waals surface area contributed by atoms with Crippen LogP contribution < -0.4 is 16.2 Å². The van der Waals surface area contributed by atoms with E-state index in [0.29, 0.717) is 5.56 Å². The summed E-state index contributed by atoms with van der Waals surface area (Å²) in [5.41, 5.74) is 0.394. The number of nitrogens with one attached hydrogen (secondary N) is 2. The highest BCUT2D eigenvalue weighted by atomic mass is 19.1. The molecule has 0 radical (unpaired) electrons. The van der Waals surface area contributed by atoms with E-state index in [9.17, 15) is 14.0 Å². The van der Waals surface area contributed by atoms with E-state index in [4.69, 9.17) is 11.5 Å². The molecule has 1 heterocycles. The first-order valence-electron chi connectivity index (χ1n) is 7.09. The van der Waals surface area contributed by atoms with Gasteiger partial charge >= 0.3 is 0 Å². The smallest absolute Gasteiger partial charge is 0.254 e. The third kappa shape index (κ3) is 3.80. The second kappa shape index (κ2) is 7.44. The number of halogens is 1. The predicted molar refractivity (Wildman–Crippen MR) is 88.7 cm³/mol. The molecule has 0 bridgehead atoms. The van der Waals surface area contributed by atoms with Crippen molar-refractivity contribution >= 4 is 17.3 Å². The number of aliphatic hydroxyl groups excluding tert-OH is 1. The van der Waals surface area contributed by atoms with Gasteiger partial charge in [-0.05, 0) is 18.2 Å². The number of amides is 1. The van der Waals surface area contributed by atoms with E-state index in [0.717, 1.165) is 0 Å². The van der Waals surface area contributed by atoms with Gasteiger partial charge in [-0.25, -0.2) is 4.39 Å². The van der Waals surface area contributed by atoms with Crippen LogP contribution in [0, 0.1) is 18.2 Å². The fourth-order valence-electron chi connectivity index (χ4n) is 2.03. The van der Waals surface area contributed by atoms with Gasteiger partial charge in [0, 0.05) is 31.4 Å². The summed E-state index contributed by atoms with van der Waals surface area (Å²) in [6.07, 6.45) is 6.55. The van der Waals surface area contributed by atoms with Crippen LogP contribution in [0.15, 0.2) is 35.3 Å². The molecule has 1 aromatic carbocycles. The highest BCUT2D eigenvalue weighted by Crippen LogP contribution is 2.22. The number of carbonyl (C=O) groups is 1. The maximum atomic E-state index is 14.1. The van der Waals surface area contributed by atoms with E-state index < -0.39 is 11.7 Å². The lowest BCUT2D eigenvalue weighted by atomic mass is 10.1. The summed E-state index contributed by atoms with van der Waals surface area (Å²) in [5, 5.41) is 14.0. The quantitative estimate of drug-likeness (QED) is 0.714. The molecule has 0 aliphatic rings. The number of carbonyl (C=O) groups excluding carboxylic acids is 1. The number of aryl methyl sites for hydroxylation is 1. The molecule has 7 heteroatoms. The molecule has 0 saturated heterocycles. The van der Waals surface area contributed by atoms with Gasteiger partial charge in [-0.3, -0.25) is 9.59 Å². The molecular weight excluding hydrogens is 313 g/mol. The topological polar surface area (TPSA) is 83.4 Å². The van der Waals surface area contributed by atoms with Crippen LogP contribution >= 0.6 is 0 Å². The van der Waals surface area contributed by atoms with Crippen LogP contribution in [0.5, 0.6) is 0 Å². The normalized spacial score (nSPS) is 10.1. The molecule has 124 valence electrons. The molecule has 2 rings (SSSR count). The Morgan fingerprint density at radius 2 is 2.12 bits per heavy atom. The van der Waals surface area contributed by atoms with Crippen LogP contribution in [-0.4, -0.2) is 28.7 Å². The minimum atomic E-state index is -0.604. The van der Waals surface area contributed by atoms with Crippen LogP contribution in [0.2, 0.25) is 0 Å². The average molecular weight is 329 g/mol. The van der Waals surface area contributed by atoms with Crippen molar-refractivity contribution in [1.29, 1.82) is 0 Å². The van der Waals surface area contributed by atoms with Crippen LogP contribution in [0.4, 0.5) is 15.8 Å². The lowest BCUT2D eigenvalue weighted by molar-refractivity contribution is 0.0945. The van der Waals surface area contributed by atoms with Gasteiger partial charge in [0.2, 0.25) is 0 Å². The van der Waals surface area contributed by atoms with Crippen molar-refractivity contribution in [2.45, 2.75) is 0 Å². The van der Waals surface area contributed by atoms with Crippen LogP contribution in [0.3, 0.4) is 0 Å². The molecule has 0 unspecified atom stereocenters. The van der Waals surface area contributed by atoms with Crippen LogP contribution in [-0.2, 0) is 7.05 Å². The summed E-state index contributed by atoms with van der Waals surface area (Å²) in [5.74, 6) is 1.22. The summed E-state index contributed by atoms with van der Waals surface area (Å²) >= 11 is 0. The summed E-state index contributed by atoms with van der Waals surface area (Å²) in [6.45, 7) is -0.158. The fraction of sp³-hybridized carbons (Fsp3) is 0.176. The number of terminal acetylenes is 1. The Morgan fingerprint density at radius 3 is 2.75 bits per heavy atom. The molecule has 0 atom stereocenters. The number of anilines is 2. The third-order valence-electron chi connectivity index (χ3n) is 3.28. The highest BCUT2D eigenvalue weighted by Gasteiger charge is 2.15. The van der Waals surface area contributed by atoms with Gasteiger partial charge in [0.1, 0.15) is 5.82 Å². The summed E-state index contributed by atoms with van der Waals surface area (Å²) < 4.78 is 15.3. The van der Waals surface area contributed by atoms with Crippen molar-refractivity contribution in [2.75, 3.05) is 18.5 Å². The van der Waals surface area contributed by atoms with Gasteiger partial charge in [-0.2, -0.15) is 0 Å². The number of aromatic nitrogens is 1. The minimum absolute atomic E-state index is 0.0618. The van der Waals surface area contributed by atoms with E-state index >= 15 is 0 Å². The summed E-state index contributed by atoms with van der Waals surface area (Å²) in [4.78, 5) is 24.0. The summed E-state index contributed by atoms with van der Waals surface area (Å²) in [7, 11) is 1.50. The first-order valence-corrected chi connectivity index (χ1v) is 7.09. The molecule has 24 heavy (non-hydrogen) atoms. The molecule has 0 aliphatic heterocycles. The van der Waals surface area contributed by atoms with Crippen molar-refractivity contribution in [1.82, 2.24) is 9.88 Å². The minimum Gasteiger partial charge on any atom is -0.395 e. The molecule has 6 nitrogen and oxygen atoms in total. The van der Waals surface area contributed by atoms with Gasteiger partial charge in [0.25, 0.3) is 11.5 Å². The van der Waals surface area contributed by atoms with Crippen molar-refractivity contribution < 1.29 is 14.3 Å². The maximum absolute atomic E-state index is 14.1. The molecule has 3 N–H and O–H groups in total. The van der Waals surface area contributed by atoms with E-state index in [1.807, 2.05) is 0 Å². The Balaban J connectivity index is 2.42. The number of nitrogens with zero attached hydrogens (tertiary/aromatic N) is 1. The number of rotatable bonds is 5. The lowest BCUT2D eigenvalue weighted by Gasteiger charge is -2.14. The zero-order valence-corrected chi connectivity index (χ0v) is 13.0. The second-order valence-corrected chi connectivity index (χ2v) is 4.99. The first-order chi connectivity index (χ1) is 11.5. The zero-order chi connectivity index (χ0) is 17.7. The molecule has 0 spiro atoms. The lowest BCUT2D eigenvalue weighted by Crippen LogP contribution is -2.29. The van der Waals surface area contributed by atoms with Crippen molar-refractivity contribution in [3.05, 3.63) is 57.8 Å². The highest BCUT2D eigenvalue weighted by molar-refractivity contribution is 6.00. The predicted octanol–water partition coefficient (Wildman–Crippen LogP) is 0.971. The third-order valence-corrected chi connectivity index (χ3v) is 3.28. The van der Waals surface area contributed by atoms with Crippen LogP contribution in [0.25, 0.3) is 0 Å². The van der Waals surface area contributed by atoms with Crippen molar-refractivity contribution in [3.63, 3.8) is 0 Å². The molecule has 0 fully saturated rings. The monoisotopic (exact) mass is 329 g/mol. The van der Waals surface area contributed by atoms with Gasteiger partial charge < -0.3 is 20.3 Å². The van der Waals surface area contributed by atoms with Gasteiger partial charge in [0.15, 0.2) is 0 Å². The Labute approximate surface area is 137 Å². The molecule has 0 saturated carbocycles. The van der Waals surface area contributed by atoms with Crippen molar-refractivity contribution in [2.24, 2.45) is 7.05 Å². The van der Waals surface area contributed by atoms with E-state index in [1.165, 1.54) is 42.1 Å². The number of hydrogen-bond acceptors (Lipinski definition) is 4. The number of aliphatic hydroxyl groups is 1. The Morgan fingerprint density at radius 1 is 1.38 bits per heavy atom. The molecule has 1 amide bonds. The molecular formula is C17H16FN3O3. The molecule has 1 aromatic heterocycles. The number of hydrogen-bond donors (Lipinski definition) is 3. The molecule has 2 aromatic rings. The van der Waals surface area contributed by atoms with Gasteiger partial charge in [0.05, 0.1) is 23.5 Å². The SMILES string of the molecule is C#Cc1ccc(Nc2cc(=O)n(C)cc2C(=O)NCCO)c(F)c1. The zero-order valence-electron chi connectivity index (χ0n) is 13.0. The summed E-state index contributed by atoms with van der Waals surface area (Å²) in [6, 6.07) is 5.34. The van der Waals surface area contributed by atoms with E-state index in [2.05, 4.69) is 16.6 Å². The Kier molecular flexibility index (Phi) is 5.35. The Bertz CT molecular complexity index is 868. The number of benzene rings is 1. The molecule has 0 aliphatic carbocycles.